The van der Waals surface area contributed by atoms with Crippen molar-refractivity contribution in [1.29, 1.82) is 0 Å². The first-order valence-corrected chi connectivity index (χ1v) is 12.2. The van der Waals surface area contributed by atoms with Crippen molar-refractivity contribution in [1.82, 2.24) is 0 Å². The van der Waals surface area contributed by atoms with E-state index >= 15 is 13.2 Å². The Morgan fingerprint density at radius 3 is 1.03 bits per heavy atom. The summed E-state index contributed by atoms with van der Waals surface area (Å²) in [4.78, 5) is 0. The van der Waals surface area contributed by atoms with Crippen LogP contribution >= 0.6 is 31.9 Å². The van der Waals surface area contributed by atoms with E-state index < -0.39 is 51.8 Å². The van der Waals surface area contributed by atoms with Crippen molar-refractivity contribution >= 4 is 31.9 Å². The van der Waals surface area contributed by atoms with Gasteiger partial charge in [0.15, 0.2) is 0 Å². The predicted molar refractivity (Wildman–Crippen MR) is 130 cm³/mol. The van der Waals surface area contributed by atoms with E-state index in [2.05, 4.69) is 31.9 Å². The van der Waals surface area contributed by atoms with Gasteiger partial charge in [0.1, 0.15) is 5.41 Å². The fourth-order valence-electron chi connectivity index (χ4n) is 4.23. The van der Waals surface area contributed by atoms with Gasteiger partial charge in [-0.3, -0.25) is 0 Å². The Bertz CT molecular complexity index is 1210. The van der Waals surface area contributed by atoms with Crippen molar-refractivity contribution in [2.75, 3.05) is 0 Å². The van der Waals surface area contributed by atoms with Crippen molar-refractivity contribution in [3.05, 3.63) is 101 Å². The number of alkyl halides is 9. The molecule has 0 heterocycles. The second-order valence-electron chi connectivity index (χ2n) is 8.84. The number of hydrogen-bond acceptors (Lipinski definition) is 0. The van der Waals surface area contributed by atoms with Crippen molar-refractivity contribution in [2.24, 2.45) is 0 Å². The van der Waals surface area contributed by atoms with Gasteiger partial charge in [0, 0.05) is 8.95 Å². The highest BCUT2D eigenvalue weighted by molar-refractivity contribution is 9.10. The van der Waals surface area contributed by atoms with E-state index in [0.29, 0.717) is 22.3 Å². The number of rotatable bonds is 3. The molecule has 0 aliphatic rings. The summed E-state index contributed by atoms with van der Waals surface area (Å²) in [6.45, 7) is 6.26. The third-order valence-corrected chi connectivity index (χ3v) is 8.17. The molecule has 0 saturated heterocycles. The molecular formula is C26H19Br2F9. The van der Waals surface area contributed by atoms with Crippen molar-refractivity contribution in [2.45, 2.75) is 51.6 Å². The summed E-state index contributed by atoms with van der Waals surface area (Å²) in [5.41, 5.74) is -7.44. The maximum Gasteiger partial charge on any atom is 0.416 e. The van der Waals surface area contributed by atoms with Crippen LogP contribution in [0.5, 0.6) is 0 Å². The van der Waals surface area contributed by atoms with Gasteiger partial charge < -0.3 is 0 Å². The second kappa shape index (κ2) is 9.63. The minimum atomic E-state index is -5.36. The summed E-state index contributed by atoms with van der Waals surface area (Å²) in [7, 11) is 0. The summed E-state index contributed by atoms with van der Waals surface area (Å²) < 4.78 is 129. The zero-order valence-electron chi connectivity index (χ0n) is 19.7. The molecule has 0 amide bonds. The van der Waals surface area contributed by atoms with E-state index in [1.807, 2.05) is 0 Å². The first-order chi connectivity index (χ1) is 16.7. The van der Waals surface area contributed by atoms with Crippen LogP contribution in [0.3, 0.4) is 0 Å². The van der Waals surface area contributed by atoms with E-state index in [4.69, 9.17) is 0 Å². The van der Waals surface area contributed by atoms with E-state index in [0.717, 1.165) is 24.3 Å². The van der Waals surface area contributed by atoms with Crippen LogP contribution < -0.4 is 0 Å². The summed E-state index contributed by atoms with van der Waals surface area (Å²) in [5.74, 6) is 0. The molecule has 0 fully saturated rings. The maximum atomic E-state index is 15.4. The van der Waals surface area contributed by atoms with Crippen LogP contribution in [0.1, 0.15) is 50.1 Å². The standard InChI is InChI=1S/C26H19Br2F9/c1-12-5-16(10-21(27)14(12)3)23(26(35,36)37,17-6-13(2)15(4)22(28)11-17)18-7-19(24(29,30)31)9-20(8-18)25(32,33)34/h5-11H,1-4H3. The molecule has 0 atom stereocenters. The van der Waals surface area contributed by atoms with Gasteiger partial charge in [-0.25, -0.2) is 0 Å². The van der Waals surface area contributed by atoms with Crippen molar-refractivity contribution in [3.63, 3.8) is 0 Å². The highest BCUT2D eigenvalue weighted by Crippen LogP contribution is 2.54. The second-order valence-corrected chi connectivity index (χ2v) is 10.6. The van der Waals surface area contributed by atoms with E-state index in [9.17, 15) is 26.3 Å². The van der Waals surface area contributed by atoms with Gasteiger partial charge in [0.2, 0.25) is 0 Å². The van der Waals surface area contributed by atoms with Gasteiger partial charge >= 0.3 is 18.5 Å². The number of benzene rings is 3. The Labute approximate surface area is 224 Å². The lowest BCUT2D eigenvalue weighted by Gasteiger charge is -2.39. The topological polar surface area (TPSA) is 0 Å². The Morgan fingerprint density at radius 1 is 0.459 bits per heavy atom. The highest BCUT2D eigenvalue weighted by atomic mass is 79.9. The summed E-state index contributed by atoms with van der Waals surface area (Å²) in [6, 6.07) is 4.58. The van der Waals surface area contributed by atoms with Crippen LogP contribution in [0.2, 0.25) is 0 Å². The fourth-order valence-corrected chi connectivity index (χ4v) is 5.35. The average Bonchev–Trinajstić information content (AvgIpc) is 2.73. The minimum absolute atomic E-state index is 0.148. The molecule has 3 aromatic carbocycles. The quantitative estimate of drug-likeness (QED) is 0.194. The third-order valence-electron chi connectivity index (χ3n) is 6.52. The Morgan fingerprint density at radius 2 is 0.757 bits per heavy atom. The molecule has 0 nitrogen and oxygen atoms in total. The molecule has 0 aromatic heterocycles. The predicted octanol–water partition coefficient (Wildman–Crippen LogP) is 10.4. The van der Waals surface area contributed by atoms with Gasteiger partial charge in [-0.05, 0) is 97.0 Å². The third kappa shape index (κ3) is 5.30. The zero-order chi connectivity index (χ0) is 28.3. The summed E-state index contributed by atoms with van der Waals surface area (Å²) >= 11 is 6.40. The lowest BCUT2D eigenvalue weighted by atomic mass is 9.67. The molecule has 0 aliphatic heterocycles. The summed E-state index contributed by atoms with van der Waals surface area (Å²) in [5, 5.41) is 0. The molecule has 0 saturated carbocycles. The van der Waals surface area contributed by atoms with Crippen molar-refractivity contribution in [3.8, 4) is 0 Å². The van der Waals surface area contributed by atoms with Gasteiger partial charge in [0.05, 0.1) is 11.1 Å². The van der Waals surface area contributed by atoms with Gasteiger partial charge in [-0.2, -0.15) is 39.5 Å². The zero-order valence-corrected chi connectivity index (χ0v) is 22.9. The Balaban J connectivity index is 2.68. The average molecular weight is 662 g/mol. The van der Waals surface area contributed by atoms with E-state index in [1.165, 1.54) is 13.8 Å². The molecule has 200 valence electrons. The number of hydrogen-bond donors (Lipinski definition) is 0. The molecule has 0 radical (unpaired) electrons. The molecule has 0 spiro atoms. The van der Waals surface area contributed by atoms with E-state index in [-0.39, 0.29) is 27.1 Å². The smallest absolute Gasteiger partial charge is 0.169 e. The van der Waals surface area contributed by atoms with Crippen molar-refractivity contribution < 1.29 is 39.5 Å². The first-order valence-electron chi connectivity index (χ1n) is 10.6. The lowest BCUT2D eigenvalue weighted by molar-refractivity contribution is -0.167. The fraction of sp³-hybridized carbons (Fsp3) is 0.308. The largest absolute Gasteiger partial charge is 0.416 e. The molecule has 11 heteroatoms. The van der Waals surface area contributed by atoms with Crippen LogP contribution in [0, 0.1) is 27.7 Å². The van der Waals surface area contributed by atoms with Crippen LogP contribution in [0.4, 0.5) is 39.5 Å². The lowest BCUT2D eigenvalue weighted by Crippen LogP contribution is -2.45. The SMILES string of the molecule is Cc1cc(C(c2cc(C(F)(F)F)cc(C(F)(F)F)c2)(c2cc(C)c(C)c(Br)c2)C(F)(F)F)cc(Br)c1C. The molecule has 37 heavy (non-hydrogen) atoms. The monoisotopic (exact) mass is 660 g/mol. The minimum Gasteiger partial charge on any atom is -0.169 e. The van der Waals surface area contributed by atoms with Crippen LogP contribution in [-0.2, 0) is 17.8 Å². The number of halogens is 11. The molecule has 0 bridgehead atoms. The molecule has 0 unspecified atom stereocenters. The Kier molecular flexibility index (Phi) is 7.69. The summed E-state index contributed by atoms with van der Waals surface area (Å²) in [6.07, 6.45) is -16.0. The maximum absolute atomic E-state index is 15.4. The Hall–Kier alpha value is -2.01. The van der Waals surface area contributed by atoms with E-state index in [1.54, 1.807) is 13.8 Å². The van der Waals surface area contributed by atoms with Gasteiger partial charge in [0.25, 0.3) is 0 Å². The van der Waals surface area contributed by atoms with Crippen LogP contribution in [-0.4, -0.2) is 6.18 Å². The molecule has 0 aliphatic carbocycles. The molecule has 3 rings (SSSR count). The number of aryl methyl sites for hydroxylation is 2. The van der Waals surface area contributed by atoms with Crippen LogP contribution in [0.25, 0.3) is 0 Å². The van der Waals surface area contributed by atoms with Gasteiger partial charge in [-0.15, -0.1) is 0 Å². The highest BCUT2D eigenvalue weighted by Gasteiger charge is 2.59. The normalized spacial score (nSPS) is 13.3. The first kappa shape index (κ1) is 29.5. The van der Waals surface area contributed by atoms with Gasteiger partial charge in [-0.1, -0.05) is 44.0 Å². The molecule has 0 N–H and O–H groups in total. The molecule has 3 aromatic rings. The molecular weight excluding hydrogens is 643 g/mol. The van der Waals surface area contributed by atoms with Crippen LogP contribution in [0.15, 0.2) is 51.4 Å².